The smallest absolute Gasteiger partial charge is 0.135 e. The van der Waals surface area contributed by atoms with Crippen molar-refractivity contribution >= 4 is 11.6 Å². The lowest BCUT2D eigenvalue weighted by Crippen LogP contribution is -2.34. The summed E-state index contributed by atoms with van der Waals surface area (Å²) in [6, 6.07) is 0. The highest BCUT2D eigenvalue weighted by molar-refractivity contribution is 5.56. The van der Waals surface area contributed by atoms with E-state index >= 15 is 0 Å². The van der Waals surface area contributed by atoms with Crippen LogP contribution < -0.4 is 11.1 Å². The first kappa shape index (κ1) is 14.7. The van der Waals surface area contributed by atoms with Gasteiger partial charge in [0.1, 0.15) is 18.0 Å². The van der Waals surface area contributed by atoms with E-state index in [1.54, 1.807) is 0 Å². The van der Waals surface area contributed by atoms with E-state index in [1.165, 1.54) is 6.33 Å². The van der Waals surface area contributed by atoms with E-state index in [-0.39, 0.29) is 11.5 Å². The predicted octanol–water partition coefficient (Wildman–Crippen LogP) is 2.41. The Kier molecular flexibility index (Phi) is 4.90. The summed E-state index contributed by atoms with van der Waals surface area (Å²) >= 11 is 0. The van der Waals surface area contributed by atoms with Crippen molar-refractivity contribution in [1.29, 1.82) is 0 Å². The van der Waals surface area contributed by atoms with Crippen LogP contribution in [0, 0.1) is 0 Å². The molecule has 1 rings (SSSR count). The van der Waals surface area contributed by atoms with E-state index < -0.39 is 0 Å². The minimum atomic E-state index is -0.233. The minimum absolute atomic E-state index is 0.233. The number of anilines is 2. The molecule has 0 spiro atoms. The fourth-order valence-electron chi connectivity index (χ4n) is 1.86. The van der Waals surface area contributed by atoms with Crippen LogP contribution >= 0.6 is 0 Å². The molecule has 0 bridgehead atoms. The van der Waals surface area contributed by atoms with E-state index in [2.05, 4.69) is 29.1 Å². The molecule has 0 aliphatic carbocycles. The highest BCUT2D eigenvalue weighted by Crippen LogP contribution is 2.26. The summed E-state index contributed by atoms with van der Waals surface area (Å²) < 4.78 is 5.64. The molecule has 0 fully saturated rings. The molecule has 0 radical (unpaired) electrons. The van der Waals surface area contributed by atoms with Crippen molar-refractivity contribution in [3.05, 3.63) is 11.9 Å². The molecule has 0 aromatic carbocycles. The molecule has 3 N–H and O–H groups in total. The Morgan fingerprint density at radius 1 is 1.39 bits per heavy atom. The van der Waals surface area contributed by atoms with Crippen molar-refractivity contribution in [1.82, 2.24) is 9.97 Å². The molecule has 1 heterocycles. The van der Waals surface area contributed by atoms with Crippen molar-refractivity contribution in [3.8, 4) is 0 Å². The van der Waals surface area contributed by atoms with Gasteiger partial charge in [-0.05, 0) is 26.7 Å². The number of hydrogen-bond donors (Lipinski definition) is 2. The van der Waals surface area contributed by atoms with Crippen LogP contribution in [-0.4, -0.2) is 28.7 Å². The zero-order valence-electron chi connectivity index (χ0n) is 11.9. The van der Waals surface area contributed by atoms with Crippen LogP contribution in [0.25, 0.3) is 0 Å². The Labute approximate surface area is 109 Å². The van der Waals surface area contributed by atoms with Crippen molar-refractivity contribution in [2.45, 2.75) is 46.1 Å². The standard InChI is InChI=1S/C13H24N4O/c1-6-18-13(4,5)7-15-12-10(9(2)3)11(14)16-8-17-12/h8-9H,6-7H2,1-5H3,(H3,14,15,16,17). The molecule has 0 amide bonds. The first-order valence-corrected chi connectivity index (χ1v) is 6.35. The van der Waals surface area contributed by atoms with Gasteiger partial charge in [-0.15, -0.1) is 0 Å². The lowest BCUT2D eigenvalue weighted by Gasteiger charge is -2.26. The molecule has 5 nitrogen and oxygen atoms in total. The number of ether oxygens (including phenoxy) is 1. The van der Waals surface area contributed by atoms with Gasteiger partial charge in [-0.3, -0.25) is 0 Å². The van der Waals surface area contributed by atoms with Gasteiger partial charge in [-0.25, -0.2) is 9.97 Å². The van der Waals surface area contributed by atoms with Gasteiger partial charge in [0, 0.05) is 18.7 Å². The van der Waals surface area contributed by atoms with Crippen molar-refractivity contribution in [2.75, 3.05) is 24.2 Å². The largest absolute Gasteiger partial charge is 0.383 e. The molecule has 0 saturated heterocycles. The van der Waals surface area contributed by atoms with Crippen LogP contribution in [0.15, 0.2) is 6.33 Å². The van der Waals surface area contributed by atoms with Gasteiger partial charge in [0.15, 0.2) is 0 Å². The van der Waals surface area contributed by atoms with Gasteiger partial charge in [-0.2, -0.15) is 0 Å². The van der Waals surface area contributed by atoms with Gasteiger partial charge < -0.3 is 15.8 Å². The van der Waals surface area contributed by atoms with Crippen LogP contribution in [0.5, 0.6) is 0 Å². The lowest BCUT2D eigenvalue weighted by atomic mass is 10.0. The molecule has 0 saturated carbocycles. The molecule has 102 valence electrons. The number of nitrogens with zero attached hydrogens (tertiary/aromatic N) is 2. The molecule has 0 aliphatic heterocycles. The third-order valence-electron chi connectivity index (χ3n) is 2.71. The summed E-state index contributed by atoms with van der Waals surface area (Å²) in [7, 11) is 0. The number of rotatable bonds is 6. The topological polar surface area (TPSA) is 73.1 Å². The Hall–Kier alpha value is -1.36. The summed E-state index contributed by atoms with van der Waals surface area (Å²) in [5.41, 5.74) is 6.63. The number of nitrogen functional groups attached to an aromatic ring is 1. The molecule has 0 atom stereocenters. The number of nitrogens with one attached hydrogen (secondary N) is 1. The maximum absolute atomic E-state index is 5.90. The normalized spacial score (nSPS) is 11.9. The zero-order valence-corrected chi connectivity index (χ0v) is 11.9. The number of nitrogens with two attached hydrogens (primary N) is 1. The molecule has 0 aliphatic rings. The molecule has 18 heavy (non-hydrogen) atoms. The summed E-state index contributed by atoms with van der Waals surface area (Å²) in [6.07, 6.45) is 1.48. The maximum Gasteiger partial charge on any atom is 0.135 e. The quantitative estimate of drug-likeness (QED) is 0.813. The summed E-state index contributed by atoms with van der Waals surface area (Å²) in [6.45, 7) is 11.6. The highest BCUT2D eigenvalue weighted by Gasteiger charge is 2.19. The van der Waals surface area contributed by atoms with E-state index in [4.69, 9.17) is 10.5 Å². The molecule has 1 aromatic rings. The maximum atomic E-state index is 5.90. The Balaban J connectivity index is 2.82. The second kappa shape index (κ2) is 6.00. The van der Waals surface area contributed by atoms with E-state index in [0.29, 0.717) is 19.0 Å². The minimum Gasteiger partial charge on any atom is -0.383 e. The Morgan fingerprint density at radius 2 is 2.06 bits per heavy atom. The van der Waals surface area contributed by atoms with E-state index in [0.717, 1.165) is 11.4 Å². The van der Waals surface area contributed by atoms with Gasteiger partial charge in [0.05, 0.1) is 5.60 Å². The lowest BCUT2D eigenvalue weighted by molar-refractivity contribution is 0.000627. The average Bonchev–Trinajstić information content (AvgIpc) is 2.26. The zero-order chi connectivity index (χ0) is 13.8. The van der Waals surface area contributed by atoms with Gasteiger partial charge >= 0.3 is 0 Å². The van der Waals surface area contributed by atoms with E-state index in [9.17, 15) is 0 Å². The SMILES string of the molecule is CCOC(C)(C)CNc1ncnc(N)c1C(C)C. The van der Waals surface area contributed by atoms with Gasteiger partial charge in [-0.1, -0.05) is 13.8 Å². The summed E-state index contributed by atoms with van der Waals surface area (Å²) in [4.78, 5) is 8.30. The first-order chi connectivity index (χ1) is 8.37. The van der Waals surface area contributed by atoms with E-state index in [1.807, 2.05) is 20.8 Å². The van der Waals surface area contributed by atoms with Crippen molar-refractivity contribution in [3.63, 3.8) is 0 Å². The average molecular weight is 252 g/mol. The first-order valence-electron chi connectivity index (χ1n) is 6.35. The third kappa shape index (κ3) is 3.84. The van der Waals surface area contributed by atoms with Crippen LogP contribution in [0.3, 0.4) is 0 Å². The molecular weight excluding hydrogens is 228 g/mol. The summed E-state index contributed by atoms with van der Waals surface area (Å²) in [5.74, 6) is 1.62. The highest BCUT2D eigenvalue weighted by atomic mass is 16.5. The van der Waals surface area contributed by atoms with Crippen molar-refractivity contribution < 1.29 is 4.74 Å². The Morgan fingerprint density at radius 3 is 2.61 bits per heavy atom. The Bertz CT molecular complexity index is 391. The molecular formula is C13H24N4O. The predicted molar refractivity (Wildman–Crippen MR) is 74.7 cm³/mol. The molecule has 0 unspecified atom stereocenters. The monoisotopic (exact) mass is 252 g/mol. The second-order valence-electron chi connectivity index (χ2n) is 5.22. The fraction of sp³-hybridized carbons (Fsp3) is 0.692. The van der Waals surface area contributed by atoms with Gasteiger partial charge in [0.2, 0.25) is 0 Å². The van der Waals surface area contributed by atoms with Crippen LogP contribution in [0.4, 0.5) is 11.6 Å². The number of aromatic nitrogens is 2. The van der Waals surface area contributed by atoms with Crippen LogP contribution in [0.2, 0.25) is 0 Å². The molecule has 5 heteroatoms. The summed E-state index contributed by atoms with van der Waals surface area (Å²) in [5, 5.41) is 3.30. The number of hydrogen-bond acceptors (Lipinski definition) is 5. The van der Waals surface area contributed by atoms with Crippen molar-refractivity contribution in [2.24, 2.45) is 0 Å². The third-order valence-corrected chi connectivity index (χ3v) is 2.71. The van der Waals surface area contributed by atoms with Crippen LogP contribution in [-0.2, 0) is 4.74 Å². The second-order valence-corrected chi connectivity index (χ2v) is 5.22. The van der Waals surface area contributed by atoms with Gasteiger partial charge in [0.25, 0.3) is 0 Å². The molecule has 1 aromatic heterocycles. The van der Waals surface area contributed by atoms with Crippen LogP contribution in [0.1, 0.15) is 46.1 Å². The fourth-order valence-corrected chi connectivity index (χ4v) is 1.86.